The Kier molecular flexibility index (Phi) is 5.99. The third-order valence-corrected chi connectivity index (χ3v) is 4.25. The van der Waals surface area contributed by atoms with Crippen LogP contribution in [0.25, 0.3) is 0 Å². The van der Waals surface area contributed by atoms with Gasteiger partial charge in [-0.2, -0.15) is 0 Å². The van der Waals surface area contributed by atoms with E-state index < -0.39 is 0 Å². The highest BCUT2D eigenvalue weighted by molar-refractivity contribution is 5.79. The summed E-state index contributed by atoms with van der Waals surface area (Å²) in [4.78, 5) is 25.3. The zero-order valence-corrected chi connectivity index (χ0v) is 13.5. The maximum Gasteiger partial charge on any atom is 0.222 e. The number of hydrogen-bond donors (Lipinski definition) is 0. The molecule has 1 amide bonds. The minimum Gasteiger partial charge on any atom is -0.494 e. The predicted molar refractivity (Wildman–Crippen MR) is 85.9 cm³/mol. The number of amides is 1. The summed E-state index contributed by atoms with van der Waals surface area (Å²) in [5.41, 5.74) is 1.21. The van der Waals surface area contributed by atoms with Crippen LogP contribution in [0.15, 0.2) is 24.3 Å². The lowest BCUT2D eigenvalue weighted by Gasteiger charge is -2.30. The molecule has 0 radical (unpaired) electrons. The number of ether oxygens (including phenoxy) is 1. The summed E-state index contributed by atoms with van der Waals surface area (Å²) in [5, 5.41) is 0. The van der Waals surface area contributed by atoms with E-state index >= 15 is 0 Å². The third kappa shape index (κ3) is 4.86. The number of benzene rings is 1. The molecule has 1 aliphatic heterocycles. The van der Waals surface area contributed by atoms with Crippen molar-refractivity contribution in [1.29, 1.82) is 0 Å². The molecular formula is C18H25NO3. The van der Waals surface area contributed by atoms with Crippen LogP contribution in [-0.4, -0.2) is 36.3 Å². The van der Waals surface area contributed by atoms with Crippen LogP contribution in [0.3, 0.4) is 0 Å². The molecule has 120 valence electrons. The van der Waals surface area contributed by atoms with E-state index in [1.54, 1.807) is 6.92 Å². The monoisotopic (exact) mass is 303 g/mol. The van der Waals surface area contributed by atoms with Crippen LogP contribution in [0.1, 0.15) is 38.2 Å². The van der Waals surface area contributed by atoms with Crippen LogP contribution in [0.4, 0.5) is 0 Å². The molecule has 1 fully saturated rings. The molecule has 1 saturated heterocycles. The molecular weight excluding hydrogens is 278 g/mol. The molecule has 0 saturated carbocycles. The van der Waals surface area contributed by atoms with Gasteiger partial charge in [0.25, 0.3) is 0 Å². The lowest BCUT2D eigenvalue weighted by molar-refractivity contribution is -0.134. The Morgan fingerprint density at radius 2 is 1.82 bits per heavy atom. The highest BCUT2D eigenvalue weighted by Crippen LogP contribution is 2.19. The van der Waals surface area contributed by atoms with Crippen LogP contribution in [0.5, 0.6) is 5.75 Å². The van der Waals surface area contributed by atoms with Crippen molar-refractivity contribution in [3.8, 4) is 5.75 Å². The van der Waals surface area contributed by atoms with Gasteiger partial charge in [0.05, 0.1) is 6.61 Å². The first kappa shape index (κ1) is 16.5. The van der Waals surface area contributed by atoms with E-state index in [0.29, 0.717) is 26.1 Å². The fourth-order valence-corrected chi connectivity index (χ4v) is 2.74. The second-order valence-corrected chi connectivity index (χ2v) is 6.03. The standard InChI is InChI=1S/C18H25NO3/c1-14-5-7-17(8-6-14)22-13-3-4-18(21)19-11-9-16(10-12-19)15(2)20/h5-8,16H,3-4,9-13H2,1-2H3. The second kappa shape index (κ2) is 7.97. The zero-order chi connectivity index (χ0) is 15.9. The fraction of sp³-hybridized carbons (Fsp3) is 0.556. The van der Waals surface area contributed by atoms with Crippen molar-refractivity contribution in [3.05, 3.63) is 29.8 Å². The summed E-state index contributed by atoms with van der Waals surface area (Å²) in [5.74, 6) is 1.42. The van der Waals surface area contributed by atoms with Crippen molar-refractivity contribution >= 4 is 11.7 Å². The second-order valence-electron chi connectivity index (χ2n) is 6.03. The molecule has 0 bridgehead atoms. The van der Waals surface area contributed by atoms with Gasteiger partial charge in [0.2, 0.25) is 5.91 Å². The molecule has 0 N–H and O–H groups in total. The molecule has 0 aromatic heterocycles. The van der Waals surface area contributed by atoms with Crippen molar-refractivity contribution in [1.82, 2.24) is 4.90 Å². The summed E-state index contributed by atoms with van der Waals surface area (Å²) in [6.45, 7) is 5.66. The first-order chi connectivity index (χ1) is 10.6. The van der Waals surface area contributed by atoms with Crippen LogP contribution >= 0.6 is 0 Å². The Morgan fingerprint density at radius 3 is 2.41 bits per heavy atom. The summed E-state index contributed by atoms with van der Waals surface area (Å²) in [6.07, 6.45) is 2.85. The number of carbonyl (C=O) groups is 2. The Morgan fingerprint density at radius 1 is 1.18 bits per heavy atom. The van der Waals surface area contributed by atoms with Crippen molar-refractivity contribution < 1.29 is 14.3 Å². The van der Waals surface area contributed by atoms with E-state index in [1.165, 1.54) is 5.56 Å². The predicted octanol–water partition coefficient (Wildman–Crippen LogP) is 2.98. The molecule has 1 aliphatic rings. The van der Waals surface area contributed by atoms with Crippen molar-refractivity contribution in [2.75, 3.05) is 19.7 Å². The molecule has 1 aromatic rings. The van der Waals surface area contributed by atoms with Gasteiger partial charge in [0.1, 0.15) is 11.5 Å². The molecule has 2 rings (SSSR count). The average molecular weight is 303 g/mol. The van der Waals surface area contributed by atoms with Gasteiger partial charge >= 0.3 is 0 Å². The number of piperidine rings is 1. The molecule has 0 spiro atoms. The zero-order valence-electron chi connectivity index (χ0n) is 13.5. The van der Waals surface area contributed by atoms with Gasteiger partial charge in [-0.05, 0) is 45.2 Å². The van der Waals surface area contributed by atoms with Crippen LogP contribution in [0, 0.1) is 12.8 Å². The normalized spacial score (nSPS) is 15.6. The minimum atomic E-state index is 0.147. The summed E-state index contributed by atoms with van der Waals surface area (Å²) in [7, 11) is 0. The smallest absolute Gasteiger partial charge is 0.222 e. The molecule has 0 unspecified atom stereocenters. The van der Waals surface area contributed by atoms with E-state index in [1.807, 2.05) is 36.1 Å². The number of Topliss-reactive ketones (excluding diaryl/α,β-unsaturated/α-hetero) is 1. The first-order valence-corrected chi connectivity index (χ1v) is 8.04. The molecule has 1 heterocycles. The maximum atomic E-state index is 12.1. The van der Waals surface area contributed by atoms with Gasteiger partial charge in [0.15, 0.2) is 0 Å². The fourth-order valence-electron chi connectivity index (χ4n) is 2.74. The first-order valence-electron chi connectivity index (χ1n) is 8.04. The summed E-state index contributed by atoms with van der Waals surface area (Å²) >= 11 is 0. The SMILES string of the molecule is CC(=O)C1CCN(C(=O)CCCOc2ccc(C)cc2)CC1. The van der Waals surface area contributed by atoms with Crippen LogP contribution in [0.2, 0.25) is 0 Å². The maximum absolute atomic E-state index is 12.1. The molecule has 4 nitrogen and oxygen atoms in total. The highest BCUT2D eigenvalue weighted by atomic mass is 16.5. The van der Waals surface area contributed by atoms with E-state index in [4.69, 9.17) is 4.74 Å². The highest BCUT2D eigenvalue weighted by Gasteiger charge is 2.24. The van der Waals surface area contributed by atoms with Gasteiger partial charge in [-0.3, -0.25) is 9.59 Å². The van der Waals surface area contributed by atoms with E-state index in [9.17, 15) is 9.59 Å². The van der Waals surface area contributed by atoms with E-state index in [-0.39, 0.29) is 17.6 Å². The molecule has 0 atom stereocenters. The lowest BCUT2D eigenvalue weighted by Crippen LogP contribution is -2.39. The van der Waals surface area contributed by atoms with Crippen molar-refractivity contribution in [3.63, 3.8) is 0 Å². The Labute approximate surface area is 132 Å². The quantitative estimate of drug-likeness (QED) is 0.759. The molecule has 1 aromatic carbocycles. The minimum absolute atomic E-state index is 0.147. The van der Waals surface area contributed by atoms with Gasteiger partial charge in [0, 0.05) is 25.4 Å². The van der Waals surface area contributed by atoms with E-state index in [2.05, 4.69) is 0 Å². The summed E-state index contributed by atoms with van der Waals surface area (Å²) < 4.78 is 5.63. The number of ketones is 1. The van der Waals surface area contributed by atoms with Gasteiger partial charge < -0.3 is 9.64 Å². The molecule has 22 heavy (non-hydrogen) atoms. The third-order valence-electron chi connectivity index (χ3n) is 4.25. The Hall–Kier alpha value is -1.84. The van der Waals surface area contributed by atoms with Crippen LogP contribution < -0.4 is 4.74 Å². The van der Waals surface area contributed by atoms with Crippen molar-refractivity contribution in [2.45, 2.75) is 39.5 Å². The average Bonchev–Trinajstić information content (AvgIpc) is 2.53. The number of likely N-dealkylation sites (tertiary alicyclic amines) is 1. The number of rotatable bonds is 6. The number of nitrogens with zero attached hydrogens (tertiary/aromatic N) is 1. The van der Waals surface area contributed by atoms with Gasteiger partial charge in [-0.25, -0.2) is 0 Å². The number of hydrogen-bond acceptors (Lipinski definition) is 3. The van der Waals surface area contributed by atoms with Crippen molar-refractivity contribution in [2.24, 2.45) is 5.92 Å². The summed E-state index contributed by atoms with van der Waals surface area (Å²) in [6, 6.07) is 7.92. The van der Waals surface area contributed by atoms with Crippen LogP contribution in [-0.2, 0) is 9.59 Å². The number of aryl methyl sites for hydroxylation is 1. The Balaban J connectivity index is 1.64. The largest absolute Gasteiger partial charge is 0.494 e. The van der Waals surface area contributed by atoms with Gasteiger partial charge in [-0.1, -0.05) is 17.7 Å². The number of carbonyl (C=O) groups excluding carboxylic acids is 2. The Bertz CT molecular complexity index is 502. The molecule has 0 aliphatic carbocycles. The topological polar surface area (TPSA) is 46.6 Å². The lowest BCUT2D eigenvalue weighted by atomic mass is 9.93. The van der Waals surface area contributed by atoms with E-state index in [0.717, 1.165) is 25.0 Å². The molecule has 4 heteroatoms. The van der Waals surface area contributed by atoms with Gasteiger partial charge in [-0.15, -0.1) is 0 Å².